The number of hydrazine groups is 1. The summed E-state index contributed by atoms with van der Waals surface area (Å²) < 4.78 is 5.28. The van der Waals surface area contributed by atoms with Crippen LogP contribution in [0.5, 0.6) is 0 Å². The van der Waals surface area contributed by atoms with Crippen molar-refractivity contribution in [3.63, 3.8) is 0 Å². The minimum atomic E-state index is 0.00410. The van der Waals surface area contributed by atoms with Gasteiger partial charge in [0.15, 0.2) is 0 Å². The molecule has 0 aromatic carbocycles. The number of rotatable bonds is 5. The Labute approximate surface area is 121 Å². The Kier molecular flexibility index (Phi) is 5.04. The zero-order valence-corrected chi connectivity index (χ0v) is 11.4. The van der Waals surface area contributed by atoms with Gasteiger partial charge in [-0.15, -0.1) is 0 Å². The number of nitrogens with zero attached hydrogens (tertiary/aromatic N) is 7. The third kappa shape index (κ3) is 3.66. The minimum absolute atomic E-state index is 0.00410. The van der Waals surface area contributed by atoms with E-state index in [0.717, 1.165) is 0 Å². The highest BCUT2D eigenvalue weighted by Gasteiger charge is 2.18. The lowest BCUT2D eigenvalue weighted by molar-refractivity contribution is 0.122. The molecule has 10 heteroatoms. The quantitative estimate of drug-likeness (QED) is 0.387. The molecule has 1 aromatic heterocycles. The molecule has 1 fully saturated rings. The van der Waals surface area contributed by atoms with E-state index in [1.807, 2.05) is 17.0 Å². The Bertz CT molecular complexity index is 542. The van der Waals surface area contributed by atoms with E-state index in [1.165, 1.54) is 4.90 Å². The first-order valence-corrected chi connectivity index (χ1v) is 6.32. The van der Waals surface area contributed by atoms with Crippen molar-refractivity contribution in [3.8, 4) is 12.1 Å². The van der Waals surface area contributed by atoms with Crippen molar-refractivity contribution in [1.29, 1.82) is 10.5 Å². The van der Waals surface area contributed by atoms with Crippen LogP contribution in [0.25, 0.3) is 0 Å². The average molecular weight is 289 g/mol. The van der Waals surface area contributed by atoms with Crippen LogP contribution in [0.4, 0.5) is 17.8 Å². The van der Waals surface area contributed by atoms with Gasteiger partial charge in [-0.1, -0.05) is 0 Å². The van der Waals surface area contributed by atoms with Crippen LogP contribution in [0.1, 0.15) is 0 Å². The Hall–Kier alpha value is -2.69. The molecule has 0 atom stereocenters. The topological polar surface area (TPSA) is 140 Å². The summed E-state index contributed by atoms with van der Waals surface area (Å²) in [5, 5.41) is 17.7. The van der Waals surface area contributed by atoms with Gasteiger partial charge in [0.2, 0.25) is 17.8 Å². The fourth-order valence-corrected chi connectivity index (χ4v) is 1.83. The number of nitriles is 2. The zero-order chi connectivity index (χ0) is 15.1. The van der Waals surface area contributed by atoms with E-state index in [-0.39, 0.29) is 25.0 Å². The first-order valence-electron chi connectivity index (χ1n) is 6.32. The van der Waals surface area contributed by atoms with Crippen LogP contribution in [0.15, 0.2) is 0 Å². The molecule has 2 rings (SSSR count). The number of aromatic nitrogens is 3. The van der Waals surface area contributed by atoms with Crippen LogP contribution in [0.2, 0.25) is 0 Å². The summed E-state index contributed by atoms with van der Waals surface area (Å²) in [7, 11) is 0. The Balaban J connectivity index is 2.32. The van der Waals surface area contributed by atoms with Gasteiger partial charge in [-0.3, -0.25) is 5.43 Å². The van der Waals surface area contributed by atoms with Crippen LogP contribution in [0, 0.1) is 22.7 Å². The second kappa shape index (κ2) is 7.19. The fraction of sp³-hybridized carbons (Fsp3) is 0.545. The lowest BCUT2D eigenvalue weighted by atomic mass is 10.4. The van der Waals surface area contributed by atoms with Gasteiger partial charge in [0, 0.05) is 13.1 Å². The van der Waals surface area contributed by atoms with Crippen LogP contribution < -0.4 is 21.1 Å². The molecule has 0 amide bonds. The predicted octanol–water partition coefficient (Wildman–Crippen LogP) is -1.15. The van der Waals surface area contributed by atoms with Crippen LogP contribution >= 0.6 is 0 Å². The number of nitrogens with one attached hydrogen (secondary N) is 1. The monoisotopic (exact) mass is 289 g/mol. The van der Waals surface area contributed by atoms with E-state index in [4.69, 9.17) is 21.1 Å². The van der Waals surface area contributed by atoms with Gasteiger partial charge in [0.25, 0.3) is 0 Å². The number of ether oxygens (including phenoxy) is 1. The summed E-state index contributed by atoms with van der Waals surface area (Å²) in [5.41, 5.74) is 2.37. The number of hydrogen-bond acceptors (Lipinski definition) is 10. The second-order valence-electron chi connectivity index (χ2n) is 4.18. The molecule has 0 spiro atoms. The molecule has 2 heterocycles. The lowest BCUT2D eigenvalue weighted by Crippen LogP contribution is -2.38. The molecule has 0 aliphatic carbocycles. The minimum Gasteiger partial charge on any atom is -0.378 e. The molecule has 10 nitrogen and oxygen atoms in total. The molecule has 0 bridgehead atoms. The van der Waals surface area contributed by atoms with E-state index in [9.17, 15) is 0 Å². The van der Waals surface area contributed by atoms with E-state index < -0.39 is 0 Å². The number of anilines is 3. The second-order valence-corrected chi connectivity index (χ2v) is 4.18. The molecule has 1 aliphatic rings. The maximum Gasteiger partial charge on any atom is 0.243 e. The maximum atomic E-state index is 8.83. The normalized spacial score (nSPS) is 14.1. The van der Waals surface area contributed by atoms with Gasteiger partial charge in [-0.25, -0.2) is 5.84 Å². The van der Waals surface area contributed by atoms with Gasteiger partial charge >= 0.3 is 0 Å². The van der Waals surface area contributed by atoms with E-state index in [2.05, 4.69) is 20.4 Å². The molecular formula is C11H15N9O. The first-order chi connectivity index (χ1) is 10.3. The summed E-state index contributed by atoms with van der Waals surface area (Å²) in [6, 6.07) is 3.95. The molecule has 21 heavy (non-hydrogen) atoms. The van der Waals surface area contributed by atoms with E-state index >= 15 is 0 Å². The van der Waals surface area contributed by atoms with Crippen molar-refractivity contribution in [2.75, 3.05) is 54.6 Å². The Morgan fingerprint density at radius 2 is 1.86 bits per heavy atom. The largest absolute Gasteiger partial charge is 0.378 e. The number of hydrogen-bond donors (Lipinski definition) is 2. The summed E-state index contributed by atoms with van der Waals surface area (Å²) in [5.74, 6) is 6.23. The van der Waals surface area contributed by atoms with Crippen LogP contribution in [-0.2, 0) is 4.74 Å². The number of nitrogen functional groups attached to an aromatic ring is 1. The predicted molar refractivity (Wildman–Crippen MR) is 74.1 cm³/mol. The van der Waals surface area contributed by atoms with E-state index in [0.29, 0.717) is 32.3 Å². The highest BCUT2D eigenvalue weighted by Crippen LogP contribution is 2.17. The van der Waals surface area contributed by atoms with Gasteiger partial charge in [-0.2, -0.15) is 25.5 Å². The molecule has 0 saturated carbocycles. The third-order valence-corrected chi connectivity index (χ3v) is 2.84. The van der Waals surface area contributed by atoms with Crippen molar-refractivity contribution >= 4 is 17.8 Å². The van der Waals surface area contributed by atoms with Crippen LogP contribution in [0.3, 0.4) is 0 Å². The van der Waals surface area contributed by atoms with Crippen molar-refractivity contribution in [3.05, 3.63) is 0 Å². The van der Waals surface area contributed by atoms with Crippen LogP contribution in [-0.4, -0.2) is 54.3 Å². The summed E-state index contributed by atoms with van der Waals surface area (Å²) in [6.07, 6.45) is 0. The zero-order valence-electron chi connectivity index (χ0n) is 11.4. The standard InChI is InChI=1S/C11H15N9O/c12-1-3-19(4-2-13)10-15-9(18-14)16-11(17-10)20-5-7-21-8-6-20/h3-8,14H2,(H,15,16,17,18). The summed E-state index contributed by atoms with van der Waals surface area (Å²) >= 11 is 0. The molecular weight excluding hydrogens is 274 g/mol. The highest BCUT2D eigenvalue weighted by molar-refractivity contribution is 5.46. The van der Waals surface area contributed by atoms with Gasteiger partial charge in [0.05, 0.1) is 25.4 Å². The lowest BCUT2D eigenvalue weighted by Gasteiger charge is -2.27. The third-order valence-electron chi connectivity index (χ3n) is 2.84. The molecule has 1 aliphatic heterocycles. The Morgan fingerprint density at radius 1 is 1.19 bits per heavy atom. The maximum absolute atomic E-state index is 8.83. The average Bonchev–Trinajstić information content (AvgIpc) is 2.55. The van der Waals surface area contributed by atoms with Gasteiger partial charge in [0.1, 0.15) is 13.1 Å². The van der Waals surface area contributed by atoms with Gasteiger partial charge < -0.3 is 14.5 Å². The summed E-state index contributed by atoms with van der Waals surface area (Å²) in [4.78, 5) is 16.0. The van der Waals surface area contributed by atoms with E-state index in [1.54, 1.807) is 0 Å². The van der Waals surface area contributed by atoms with Crippen molar-refractivity contribution in [2.24, 2.45) is 5.84 Å². The molecule has 3 N–H and O–H groups in total. The van der Waals surface area contributed by atoms with Crippen molar-refractivity contribution < 1.29 is 4.74 Å². The SMILES string of the molecule is N#CCN(CC#N)c1nc(NN)nc(N2CCOCC2)n1. The highest BCUT2D eigenvalue weighted by atomic mass is 16.5. The molecule has 0 radical (unpaired) electrons. The number of nitrogens with two attached hydrogens (primary N) is 1. The van der Waals surface area contributed by atoms with Gasteiger partial charge in [-0.05, 0) is 0 Å². The molecule has 1 aromatic rings. The molecule has 110 valence electrons. The summed E-state index contributed by atoms with van der Waals surface area (Å²) in [6.45, 7) is 2.50. The first kappa shape index (κ1) is 14.7. The smallest absolute Gasteiger partial charge is 0.243 e. The molecule has 0 unspecified atom stereocenters. The number of morpholine rings is 1. The van der Waals surface area contributed by atoms with Crippen molar-refractivity contribution in [1.82, 2.24) is 15.0 Å². The Morgan fingerprint density at radius 3 is 2.43 bits per heavy atom. The molecule has 1 saturated heterocycles. The van der Waals surface area contributed by atoms with Crippen molar-refractivity contribution in [2.45, 2.75) is 0 Å². The fourth-order valence-electron chi connectivity index (χ4n) is 1.83.